The number of hydrogen-bond donors (Lipinski definition) is 1. The molecular formula is C16H13BrN4O2. The number of aromatic nitrogens is 3. The lowest BCUT2D eigenvalue weighted by Gasteiger charge is -2.03. The molecule has 0 atom stereocenters. The van der Waals surface area contributed by atoms with E-state index in [2.05, 4.69) is 36.4 Å². The molecule has 3 aromatic rings. The summed E-state index contributed by atoms with van der Waals surface area (Å²) in [5.41, 5.74) is 1.23. The molecule has 1 aromatic carbocycles. The number of benzene rings is 1. The zero-order chi connectivity index (χ0) is 16.1. The van der Waals surface area contributed by atoms with Gasteiger partial charge in [-0.15, -0.1) is 10.2 Å². The molecule has 2 aromatic heterocycles. The molecule has 0 aliphatic heterocycles. The Bertz CT molecular complexity index is 805. The molecule has 23 heavy (non-hydrogen) atoms. The highest BCUT2D eigenvalue weighted by Gasteiger charge is 2.10. The molecule has 1 amide bonds. The van der Waals surface area contributed by atoms with Gasteiger partial charge in [0.2, 0.25) is 5.89 Å². The van der Waals surface area contributed by atoms with Crippen LogP contribution in [0.5, 0.6) is 0 Å². The Morgan fingerprint density at radius 1 is 1.17 bits per heavy atom. The third-order valence-electron chi connectivity index (χ3n) is 3.06. The molecule has 0 unspecified atom stereocenters. The number of rotatable bonds is 5. The summed E-state index contributed by atoms with van der Waals surface area (Å²) in [6, 6.07) is 12.7. The molecule has 116 valence electrons. The van der Waals surface area contributed by atoms with Crippen molar-refractivity contribution < 1.29 is 9.21 Å². The van der Waals surface area contributed by atoms with Gasteiger partial charge in [0.05, 0.1) is 0 Å². The summed E-state index contributed by atoms with van der Waals surface area (Å²) in [6.45, 7) is 0.412. The van der Waals surface area contributed by atoms with Crippen molar-refractivity contribution in [2.45, 2.75) is 6.42 Å². The van der Waals surface area contributed by atoms with Gasteiger partial charge in [0, 0.05) is 29.2 Å². The first-order chi connectivity index (χ1) is 11.2. The van der Waals surface area contributed by atoms with Crippen LogP contribution in [-0.2, 0) is 6.42 Å². The molecule has 2 heterocycles. The van der Waals surface area contributed by atoms with Gasteiger partial charge >= 0.3 is 0 Å². The van der Waals surface area contributed by atoms with Gasteiger partial charge in [-0.05, 0) is 30.3 Å². The lowest BCUT2D eigenvalue weighted by atomic mass is 10.2. The summed E-state index contributed by atoms with van der Waals surface area (Å²) in [5.74, 6) is 0.690. The topological polar surface area (TPSA) is 80.9 Å². The van der Waals surface area contributed by atoms with E-state index < -0.39 is 0 Å². The average molecular weight is 373 g/mol. The van der Waals surface area contributed by atoms with Gasteiger partial charge in [0.1, 0.15) is 5.69 Å². The van der Waals surface area contributed by atoms with E-state index in [9.17, 15) is 4.79 Å². The number of nitrogens with zero attached hydrogens (tertiary/aromatic N) is 3. The SMILES string of the molecule is O=C(NCCc1nnc(-c2ccccn2)o1)c1cccc(Br)c1. The Morgan fingerprint density at radius 2 is 2.09 bits per heavy atom. The van der Waals surface area contributed by atoms with Crippen LogP contribution in [0.1, 0.15) is 16.2 Å². The van der Waals surface area contributed by atoms with E-state index in [1.807, 2.05) is 24.3 Å². The molecule has 0 radical (unpaired) electrons. The van der Waals surface area contributed by atoms with Crippen LogP contribution in [0.3, 0.4) is 0 Å². The smallest absolute Gasteiger partial charge is 0.266 e. The number of carbonyl (C=O) groups excluding carboxylic acids is 1. The van der Waals surface area contributed by atoms with Gasteiger partial charge in [-0.25, -0.2) is 0 Å². The Labute approximate surface area is 141 Å². The Kier molecular flexibility index (Phi) is 4.77. The molecule has 0 saturated carbocycles. The van der Waals surface area contributed by atoms with E-state index in [1.54, 1.807) is 24.4 Å². The van der Waals surface area contributed by atoms with Crippen LogP contribution in [0.15, 0.2) is 57.6 Å². The molecule has 7 heteroatoms. The molecular weight excluding hydrogens is 360 g/mol. The zero-order valence-electron chi connectivity index (χ0n) is 12.1. The highest BCUT2D eigenvalue weighted by molar-refractivity contribution is 9.10. The average Bonchev–Trinajstić information content (AvgIpc) is 3.04. The molecule has 0 fully saturated rings. The van der Waals surface area contributed by atoms with Crippen molar-refractivity contribution in [1.29, 1.82) is 0 Å². The van der Waals surface area contributed by atoms with E-state index in [-0.39, 0.29) is 5.91 Å². The van der Waals surface area contributed by atoms with Crippen LogP contribution >= 0.6 is 15.9 Å². The van der Waals surface area contributed by atoms with Crippen LogP contribution < -0.4 is 5.32 Å². The number of nitrogens with one attached hydrogen (secondary N) is 1. The first-order valence-corrected chi connectivity index (χ1v) is 7.79. The Balaban J connectivity index is 1.55. The summed E-state index contributed by atoms with van der Waals surface area (Å²) in [4.78, 5) is 16.2. The molecule has 6 nitrogen and oxygen atoms in total. The molecule has 0 bridgehead atoms. The van der Waals surface area contributed by atoms with E-state index >= 15 is 0 Å². The summed E-state index contributed by atoms with van der Waals surface area (Å²) in [5, 5.41) is 10.7. The molecule has 0 saturated heterocycles. The standard InChI is InChI=1S/C16H13BrN4O2/c17-12-5-3-4-11(10-12)15(22)19-9-7-14-20-21-16(23-14)13-6-1-2-8-18-13/h1-6,8,10H,7,9H2,(H,19,22). The van der Waals surface area contributed by atoms with Crippen LogP contribution in [0.4, 0.5) is 0 Å². The minimum Gasteiger partial charge on any atom is -0.419 e. The van der Waals surface area contributed by atoms with Crippen LogP contribution in [-0.4, -0.2) is 27.6 Å². The molecule has 1 N–H and O–H groups in total. The van der Waals surface area contributed by atoms with Gasteiger partial charge in [-0.2, -0.15) is 0 Å². The predicted octanol–water partition coefficient (Wildman–Crippen LogP) is 2.87. The van der Waals surface area contributed by atoms with Gasteiger partial charge in [0.15, 0.2) is 0 Å². The molecule has 0 aliphatic rings. The number of hydrogen-bond acceptors (Lipinski definition) is 5. The summed E-state index contributed by atoms with van der Waals surface area (Å²) in [7, 11) is 0. The minimum absolute atomic E-state index is 0.143. The van der Waals surface area contributed by atoms with Crippen LogP contribution in [0, 0.1) is 0 Å². The second-order valence-corrected chi connectivity index (χ2v) is 5.65. The molecule has 0 spiro atoms. The molecule has 0 aliphatic carbocycles. The Morgan fingerprint density at radius 3 is 2.87 bits per heavy atom. The first-order valence-electron chi connectivity index (χ1n) is 7.00. The van der Waals surface area contributed by atoms with Gasteiger partial charge in [0.25, 0.3) is 11.8 Å². The molecule has 3 rings (SSSR count). The van der Waals surface area contributed by atoms with Crippen molar-refractivity contribution in [3.8, 4) is 11.6 Å². The monoisotopic (exact) mass is 372 g/mol. The fourth-order valence-electron chi connectivity index (χ4n) is 1.96. The predicted molar refractivity (Wildman–Crippen MR) is 87.7 cm³/mol. The van der Waals surface area contributed by atoms with E-state index in [1.165, 1.54) is 0 Å². The summed E-state index contributed by atoms with van der Waals surface area (Å²) in [6.07, 6.45) is 2.12. The maximum Gasteiger partial charge on any atom is 0.266 e. The number of pyridine rings is 1. The van der Waals surface area contributed by atoms with Crippen LogP contribution in [0.25, 0.3) is 11.6 Å². The zero-order valence-corrected chi connectivity index (χ0v) is 13.7. The highest BCUT2D eigenvalue weighted by atomic mass is 79.9. The highest BCUT2D eigenvalue weighted by Crippen LogP contribution is 2.14. The van der Waals surface area contributed by atoms with E-state index in [4.69, 9.17) is 4.42 Å². The van der Waals surface area contributed by atoms with E-state index in [0.29, 0.717) is 36.0 Å². The van der Waals surface area contributed by atoms with Crippen molar-refractivity contribution >= 4 is 21.8 Å². The fraction of sp³-hybridized carbons (Fsp3) is 0.125. The largest absolute Gasteiger partial charge is 0.419 e. The van der Waals surface area contributed by atoms with Crippen molar-refractivity contribution in [3.63, 3.8) is 0 Å². The maximum atomic E-state index is 12.0. The lowest BCUT2D eigenvalue weighted by molar-refractivity contribution is 0.0953. The minimum atomic E-state index is -0.143. The number of amides is 1. The van der Waals surface area contributed by atoms with Crippen molar-refractivity contribution in [1.82, 2.24) is 20.5 Å². The third-order valence-corrected chi connectivity index (χ3v) is 3.56. The van der Waals surface area contributed by atoms with Crippen molar-refractivity contribution in [3.05, 3.63) is 64.6 Å². The fourth-order valence-corrected chi connectivity index (χ4v) is 2.36. The summed E-state index contributed by atoms with van der Waals surface area (Å²) < 4.78 is 6.40. The first kappa shape index (κ1) is 15.4. The normalized spacial score (nSPS) is 10.5. The van der Waals surface area contributed by atoms with Gasteiger partial charge < -0.3 is 9.73 Å². The van der Waals surface area contributed by atoms with Crippen molar-refractivity contribution in [2.75, 3.05) is 6.54 Å². The Hall–Kier alpha value is -2.54. The number of halogens is 1. The second-order valence-electron chi connectivity index (χ2n) is 4.73. The van der Waals surface area contributed by atoms with Crippen LogP contribution in [0.2, 0.25) is 0 Å². The summed E-state index contributed by atoms with van der Waals surface area (Å²) >= 11 is 3.34. The second kappa shape index (κ2) is 7.15. The van der Waals surface area contributed by atoms with Gasteiger partial charge in [-0.1, -0.05) is 28.1 Å². The maximum absolute atomic E-state index is 12.0. The quantitative estimate of drug-likeness (QED) is 0.744. The number of carbonyl (C=O) groups is 1. The van der Waals surface area contributed by atoms with E-state index in [0.717, 1.165) is 4.47 Å². The lowest BCUT2D eigenvalue weighted by Crippen LogP contribution is -2.25. The van der Waals surface area contributed by atoms with Crippen molar-refractivity contribution in [2.24, 2.45) is 0 Å². The third kappa shape index (κ3) is 4.01. The van der Waals surface area contributed by atoms with Gasteiger partial charge in [-0.3, -0.25) is 9.78 Å².